The molecule has 1 heterocycles. The van der Waals surface area contributed by atoms with E-state index in [9.17, 15) is 0 Å². The molecule has 112 valence electrons. The number of benzene rings is 1. The lowest BCUT2D eigenvalue weighted by atomic mass is 9.69. The van der Waals surface area contributed by atoms with Crippen molar-refractivity contribution in [1.82, 2.24) is 0 Å². The summed E-state index contributed by atoms with van der Waals surface area (Å²) in [6.07, 6.45) is 4.28. The maximum Gasteiger partial charge on any atom is 0.495 e. The summed E-state index contributed by atoms with van der Waals surface area (Å²) < 4.78 is 18.0. The summed E-state index contributed by atoms with van der Waals surface area (Å²) in [7, 11) is 1.39. The Morgan fingerprint density at radius 1 is 1.10 bits per heavy atom. The van der Waals surface area contributed by atoms with Crippen LogP contribution in [0.25, 0.3) is 5.47 Å². The molecule has 1 fully saturated rings. The van der Waals surface area contributed by atoms with Gasteiger partial charge in [-0.25, -0.2) is 0 Å². The van der Waals surface area contributed by atoms with Gasteiger partial charge in [0.25, 0.3) is 0 Å². The zero-order chi connectivity index (χ0) is 15.3. The molecule has 4 heteroatoms. The quantitative estimate of drug-likeness (QED) is 0.777. The van der Waals surface area contributed by atoms with Gasteiger partial charge in [0.1, 0.15) is 5.75 Å². The van der Waals surface area contributed by atoms with Crippen LogP contribution >= 0.6 is 0 Å². The number of ether oxygens (including phenoxy) is 1. The van der Waals surface area contributed by atoms with Crippen LogP contribution < -0.4 is 4.74 Å². The van der Waals surface area contributed by atoms with E-state index in [0.29, 0.717) is 0 Å². The number of methoxy groups -OCH3 is 1. The van der Waals surface area contributed by atoms with Gasteiger partial charge in [-0.2, -0.15) is 0 Å². The van der Waals surface area contributed by atoms with Crippen LogP contribution in [0, 0.1) is 0 Å². The van der Waals surface area contributed by atoms with Crippen molar-refractivity contribution in [3.8, 4) is 5.75 Å². The summed E-state index contributed by atoms with van der Waals surface area (Å²) in [6, 6.07) is 6.21. The summed E-state index contributed by atoms with van der Waals surface area (Å²) in [5, 5.41) is 0. The normalized spacial score (nSPS) is 22.7. The second-order valence-electron chi connectivity index (χ2n) is 6.78. The third-order valence-corrected chi connectivity index (χ3v) is 4.91. The van der Waals surface area contributed by atoms with Crippen LogP contribution in [0.15, 0.2) is 24.3 Å². The van der Waals surface area contributed by atoms with Crippen molar-refractivity contribution in [2.75, 3.05) is 7.11 Å². The molecule has 0 atom stereocenters. The van der Waals surface area contributed by atoms with Gasteiger partial charge >= 0.3 is 7.12 Å². The molecule has 1 aromatic carbocycles. The molecule has 1 saturated heterocycles. The van der Waals surface area contributed by atoms with E-state index in [1.165, 1.54) is 5.56 Å². The molecule has 0 bridgehead atoms. The van der Waals surface area contributed by atoms with Gasteiger partial charge in [-0.3, -0.25) is 0 Å². The lowest BCUT2D eigenvalue weighted by molar-refractivity contribution is 0.00578. The van der Waals surface area contributed by atoms with Crippen molar-refractivity contribution in [2.24, 2.45) is 0 Å². The first-order valence-corrected chi connectivity index (χ1v) is 7.58. The summed E-state index contributed by atoms with van der Waals surface area (Å²) >= 11 is 0. The smallest absolute Gasteiger partial charge is 0.495 e. The predicted molar refractivity (Wildman–Crippen MR) is 85.4 cm³/mol. The van der Waals surface area contributed by atoms with Gasteiger partial charge in [-0.1, -0.05) is 18.2 Å². The van der Waals surface area contributed by atoms with Crippen LogP contribution in [0.3, 0.4) is 0 Å². The highest BCUT2D eigenvalue weighted by Crippen LogP contribution is 2.44. The third-order valence-electron chi connectivity index (χ3n) is 4.91. The molecule has 0 spiro atoms. The second kappa shape index (κ2) is 4.89. The zero-order valence-electron chi connectivity index (χ0n) is 13.5. The molecule has 21 heavy (non-hydrogen) atoms. The standard InChI is InChI=1S/C17H23BO3/c1-16(2)17(3,4)21-18(20-16)13-10-6-8-12-9-7-11-14(19-5)15(12)13/h7,9-11H,6,8H2,1-5H3. The molecule has 0 radical (unpaired) electrons. The summed E-state index contributed by atoms with van der Waals surface area (Å²) in [6.45, 7) is 8.33. The summed E-state index contributed by atoms with van der Waals surface area (Å²) in [4.78, 5) is 0. The maximum absolute atomic E-state index is 6.21. The minimum absolute atomic E-state index is 0.321. The van der Waals surface area contributed by atoms with E-state index in [1.54, 1.807) is 7.11 Å². The van der Waals surface area contributed by atoms with Crippen LogP contribution in [-0.2, 0) is 15.7 Å². The number of fused-ring (bicyclic) bond motifs is 1. The zero-order valence-corrected chi connectivity index (χ0v) is 13.5. The molecule has 1 aliphatic heterocycles. The Hall–Kier alpha value is -1.26. The molecule has 0 N–H and O–H groups in total. The van der Waals surface area contributed by atoms with E-state index in [-0.39, 0.29) is 18.3 Å². The number of rotatable bonds is 2. The van der Waals surface area contributed by atoms with Crippen molar-refractivity contribution < 1.29 is 14.0 Å². The van der Waals surface area contributed by atoms with Gasteiger partial charge in [0.2, 0.25) is 0 Å². The topological polar surface area (TPSA) is 27.7 Å². The van der Waals surface area contributed by atoms with Gasteiger partial charge in [-0.05, 0) is 57.6 Å². The SMILES string of the molecule is COc1cccc2c1C(B1OC(C)(C)C(C)(C)O1)=CCC2. The fraction of sp³-hybridized carbons (Fsp3) is 0.529. The molecule has 3 rings (SSSR count). The van der Waals surface area contributed by atoms with Crippen molar-refractivity contribution in [1.29, 1.82) is 0 Å². The predicted octanol–water partition coefficient (Wildman–Crippen LogP) is 3.66. The lowest BCUT2D eigenvalue weighted by Gasteiger charge is -2.32. The minimum atomic E-state index is -0.328. The maximum atomic E-state index is 6.21. The Morgan fingerprint density at radius 3 is 2.38 bits per heavy atom. The van der Waals surface area contributed by atoms with E-state index in [1.807, 2.05) is 12.1 Å². The molecular weight excluding hydrogens is 263 g/mol. The fourth-order valence-corrected chi connectivity index (χ4v) is 2.95. The van der Waals surface area contributed by atoms with Gasteiger partial charge in [0.05, 0.1) is 18.3 Å². The largest absolute Gasteiger partial charge is 0.496 e. The molecule has 1 aliphatic carbocycles. The Labute approximate surface area is 127 Å². The van der Waals surface area contributed by atoms with E-state index in [2.05, 4.69) is 39.8 Å². The number of hydrogen-bond donors (Lipinski definition) is 0. The van der Waals surface area contributed by atoms with Crippen molar-refractivity contribution in [3.63, 3.8) is 0 Å². The summed E-state index contributed by atoms with van der Waals surface area (Å²) in [5.74, 6) is 0.896. The molecule has 1 aromatic rings. The molecule has 3 nitrogen and oxygen atoms in total. The molecule has 0 unspecified atom stereocenters. The third kappa shape index (κ3) is 2.31. The van der Waals surface area contributed by atoms with Crippen LogP contribution in [0.5, 0.6) is 5.75 Å². The second-order valence-corrected chi connectivity index (χ2v) is 6.78. The minimum Gasteiger partial charge on any atom is -0.496 e. The highest BCUT2D eigenvalue weighted by molar-refractivity contribution is 6.69. The van der Waals surface area contributed by atoms with Crippen LogP contribution in [0.2, 0.25) is 0 Å². The Bertz CT molecular complexity index is 574. The number of hydrogen-bond acceptors (Lipinski definition) is 3. The van der Waals surface area contributed by atoms with Crippen molar-refractivity contribution >= 4 is 12.6 Å². The highest BCUT2D eigenvalue weighted by atomic mass is 16.7. The van der Waals surface area contributed by atoms with Crippen LogP contribution in [-0.4, -0.2) is 25.4 Å². The molecular formula is C17H23BO3. The highest BCUT2D eigenvalue weighted by Gasteiger charge is 2.53. The molecule has 0 saturated carbocycles. The lowest BCUT2D eigenvalue weighted by Crippen LogP contribution is -2.41. The first-order valence-electron chi connectivity index (χ1n) is 7.58. The average molecular weight is 286 g/mol. The van der Waals surface area contributed by atoms with E-state index in [0.717, 1.165) is 29.6 Å². The van der Waals surface area contributed by atoms with Gasteiger partial charge < -0.3 is 14.0 Å². The van der Waals surface area contributed by atoms with Gasteiger partial charge in [-0.15, -0.1) is 0 Å². The van der Waals surface area contributed by atoms with E-state index < -0.39 is 0 Å². The van der Waals surface area contributed by atoms with Gasteiger partial charge in [0, 0.05) is 5.56 Å². The Kier molecular flexibility index (Phi) is 3.42. The van der Waals surface area contributed by atoms with Crippen molar-refractivity contribution in [3.05, 3.63) is 35.4 Å². The van der Waals surface area contributed by atoms with Crippen LogP contribution in [0.4, 0.5) is 0 Å². The number of aryl methyl sites for hydroxylation is 1. The monoisotopic (exact) mass is 286 g/mol. The van der Waals surface area contributed by atoms with Crippen LogP contribution in [0.1, 0.15) is 45.2 Å². The fourth-order valence-electron chi connectivity index (χ4n) is 2.95. The van der Waals surface area contributed by atoms with Crippen molar-refractivity contribution in [2.45, 2.75) is 51.7 Å². The Balaban J connectivity index is 2.01. The molecule has 2 aliphatic rings. The first kappa shape index (κ1) is 14.7. The first-order chi connectivity index (χ1) is 9.86. The average Bonchev–Trinajstić information content (AvgIpc) is 2.66. The van der Waals surface area contributed by atoms with E-state index in [4.69, 9.17) is 14.0 Å². The molecule has 0 aromatic heterocycles. The molecule has 0 amide bonds. The van der Waals surface area contributed by atoms with Gasteiger partial charge in [0.15, 0.2) is 0 Å². The number of allylic oxidation sites excluding steroid dienone is 1. The Morgan fingerprint density at radius 2 is 1.76 bits per heavy atom. The van der Waals surface area contributed by atoms with E-state index >= 15 is 0 Å². The summed E-state index contributed by atoms with van der Waals surface area (Å²) in [5.41, 5.74) is 2.91.